The maximum Gasteiger partial charge on any atom is 0.407 e. The summed E-state index contributed by atoms with van der Waals surface area (Å²) in [5.74, 6) is 0. The van der Waals surface area contributed by atoms with E-state index in [1.54, 1.807) is 12.4 Å². The molecule has 1 unspecified atom stereocenters. The number of hydrogen-bond donors (Lipinski definition) is 1. The summed E-state index contributed by atoms with van der Waals surface area (Å²) in [6.07, 6.45) is 2.77. The van der Waals surface area contributed by atoms with Gasteiger partial charge in [-0.15, -0.1) is 0 Å². The summed E-state index contributed by atoms with van der Waals surface area (Å²) in [6.45, 7) is 7.87. The van der Waals surface area contributed by atoms with E-state index in [4.69, 9.17) is 4.74 Å². The number of hydrogen-bond acceptors (Lipinski definition) is 4. The van der Waals surface area contributed by atoms with Gasteiger partial charge in [0.05, 0.1) is 25.0 Å². The Balaban J connectivity index is 2.34. The number of carbonyl (C=O) groups is 1. The molecule has 0 saturated heterocycles. The third-order valence-electron chi connectivity index (χ3n) is 1.67. The average Bonchev–Trinajstić information content (AvgIpc) is 2.51. The number of amides is 1. The molecule has 0 aliphatic rings. The second-order valence-corrected chi connectivity index (χ2v) is 4.63. The molecule has 16 heavy (non-hydrogen) atoms. The van der Waals surface area contributed by atoms with Gasteiger partial charge in [-0.05, 0) is 27.7 Å². The minimum atomic E-state index is -0.478. The Morgan fingerprint density at radius 1 is 1.44 bits per heavy atom. The number of rotatable bonds is 3. The molecule has 1 aromatic rings. The van der Waals surface area contributed by atoms with Crippen molar-refractivity contribution in [1.29, 1.82) is 0 Å². The van der Waals surface area contributed by atoms with Crippen molar-refractivity contribution in [3.8, 4) is 0 Å². The van der Waals surface area contributed by atoms with Crippen molar-refractivity contribution < 1.29 is 9.53 Å². The van der Waals surface area contributed by atoms with Gasteiger partial charge in [-0.3, -0.25) is 0 Å². The van der Waals surface area contributed by atoms with Crippen LogP contribution in [-0.4, -0.2) is 32.7 Å². The Labute approximate surface area is 95.0 Å². The SMILES string of the molecule is CC(Cn1nccn1)NC(=O)OC(C)(C)C. The summed E-state index contributed by atoms with van der Waals surface area (Å²) in [5, 5.41) is 10.6. The molecule has 1 rings (SSSR count). The molecule has 1 aromatic heterocycles. The van der Waals surface area contributed by atoms with Gasteiger partial charge in [0.15, 0.2) is 0 Å². The zero-order chi connectivity index (χ0) is 12.2. The fourth-order valence-electron chi connectivity index (χ4n) is 1.14. The highest BCUT2D eigenvalue weighted by Gasteiger charge is 2.17. The Bertz CT molecular complexity index is 329. The van der Waals surface area contributed by atoms with E-state index in [9.17, 15) is 4.79 Å². The van der Waals surface area contributed by atoms with Gasteiger partial charge < -0.3 is 10.1 Å². The first-order valence-corrected chi connectivity index (χ1v) is 5.20. The van der Waals surface area contributed by atoms with Gasteiger partial charge in [0.2, 0.25) is 0 Å². The molecule has 0 bridgehead atoms. The Morgan fingerprint density at radius 2 is 2.00 bits per heavy atom. The van der Waals surface area contributed by atoms with Crippen molar-refractivity contribution in [2.24, 2.45) is 0 Å². The standard InChI is InChI=1S/C10H18N4O2/c1-8(7-14-11-5-6-12-14)13-9(15)16-10(2,3)4/h5-6,8H,7H2,1-4H3,(H,13,15). The number of carbonyl (C=O) groups excluding carboxylic acids is 1. The van der Waals surface area contributed by atoms with Crippen molar-refractivity contribution in [1.82, 2.24) is 20.3 Å². The normalized spacial score (nSPS) is 13.2. The van der Waals surface area contributed by atoms with E-state index in [-0.39, 0.29) is 6.04 Å². The average molecular weight is 226 g/mol. The topological polar surface area (TPSA) is 69.0 Å². The lowest BCUT2D eigenvalue weighted by atomic mass is 10.2. The molecule has 6 nitrogen and oxygen atoms in total. The van der Waals surface area contributed by atoms with Crippen molar-refractivity contribution in [2.45, 2.75) is 45.9 Å². The van der Waals surface area contributed by atoms with Crippen LogP contribution in [-0.2, 0) is 11.3 Å². The number of nitrogens with one attached hydrogen (secondary N) is 1. The quantitative estimate of drug-likeness (QED) is 0.840. The first-order valence-electron chi connectivity index (χ1n) is 5.20. The van der Waals surface area contributed by atoms with Crippen molar-refractivity contribution in [3.63, 3.8) is 0 Å². The molecule has 0 radical (unpaired) electrons. The molecule has 0 saturated carbocycles. The van der Waals surface area contributed by atoms with Gasteiger partial charge in [0, 0.05) is 0 Å². The van der Waals surface area contributed by atoms with E-state index in [0.717, 1.165) is 0 Å². The van der Waals surface area contributed by atoms with Gasteiger partial charge >= 0.3 is 6.09 Å². The molecule has 6 heteroatoms. The number of nitrogens with zero attached hydrogens (tertiary/aromatic N) is 3. The van der Waals surface area contributed by atoms with Crippen LogP contribution in [0.4, 0.5) is 4.79 Å². The molecule has 1 heterocycles. The van der Waals surface area contributed by atoms with Crippen LogP contribution in [0.25, 0.3) is 0 Å². The van der Waals surface area contributed by atoms with E-state index >= 15 is 0 Å². The third-order valence-corrected chi connectivity index (χ3v) is 1.67. The Morgan fingerprint density at radius 3 is 2.50 bits per heavy atom. The van der Waals surface area contributed by atoms with Crippen molar-refractivity contribution >= 4 is 6.09 Å². The maximum atomic E-state index is 11.4. The summed E-state index contributed by atoms with van der Waals surface area (Å²) in [4.78, 5) is 12.9. The lowest BCUT2D eigenvalue weighted by Crippen LogP contribution is -2.39. The van der Waals surface area contributed by atoms with E-state index in [0.29, 0.717) is 6.54 Å². The van der Waals surface area contributed by atoms with Gasteiger partial charge in [-0.25, -0.2) is 4.79 Å². The molecule has 0 fully saturated rings. The van der Waals surface area contributed by atoms with Crippen LogP contribution in [0.3, 0.4) is 0 Å². The highest BCUT2D eigenvalue weighted by Crippen LogP contribution is 2.06. The first kappa shape index (κ1) is 12.5. The van der Waals surface area contributed by atoms with Crippen LogP contribution in [0.2, 0.25) is 0 Å². The van der Waals surface area contributed by atoms with Gasteiger partial charge in [-0.1, -0.05) is 0 Å². The molecule has 0 aliphatic heterocycles. The summed E-state index contributed by atoms with van der Waals surface area (Å²) in [7, 11) is 0. The fourth-order valence-corrected chi connectivity index (χ4v) is 1.14. The molecular formula is C10H18N4O2. The van der Waals surface area contributed by atoms with E-state index in [2.05, 4.69) is 15.5 Å². The largest absolute Gasteiger partial charge is 0.444 e. The number of aromatic nitrogens is 3. The summed E-state index contributed by atoms with van der Waals surface area (Å²) in [6, 6.07) is -0.0813. The first-order chi connectivity index (χ1) is 7.37. The second-order valence-electron chi connectivity index (χ2n) is 4.63. The second kappa shape index (κ2) is 4.96. The maximum absolute atomic E-state index is 11.4. The van der Waals surface area contributed by atoms with E-state index in [1.165, 1.54) is 4.80 Å². The van der Waals surface area contributed by atoms with Crippen molar-refractivity contribution in [3.05, 3.63) is 12.4 Å². The molecule has 1 amide bonds. The predicted octanol–water partition coefficient (Wildman–Crippen LogP) is 1.19. The van der Waals surface area contributed by atoms with Gasteiger partial charge in [0.25, 0.3) is 0 Å². The molecule has 0 aromatic carbocycles. The van der Waals surface area contributed by atoms with Crippen LogP contribution in [0.15, 0.2) is 12.4 Å². The third kappa shape index (κ3) is 4.77. The molecule has 0 aliphatic carbocycles. The molecule has 1 N–H and O–H groups in total. The Kier molecular flexibility index (Phi) is 3.87. The summed E-state index contributed by atoms with van der Waals surface area (Å²) >= 11 is 0. The lowest BCUT2D eigenvalue weighted by molar-refractivity contribution is 0.0502. The van der Waals surface area contributed by atoms with Crippen molar-refractivity contribution in [2.75, 3.05) is 0 Å². The highest BCUT2D eigenvalue weighted by molar-refractivity contribution is 5.67. The van der Waals surface area contributed by atoms with Crippen LogP contribution >= 0.6 is 0 Å². The minimum absolute atomic E-state index is 0.0813. The fraction of sp³-hybridized carbons (Fsp3) is 0.700. The summed E-state index contributed by atoms with van der Waals surface area (Å²) in [5.41, 5.74) is -0.478. The number of ether oxygens (including phenoxy) is 1. The molecular weight excluding hydrogens is 208 g/mol. The molecule has 1 atom stereocenters. The predicted molar refractivity (Wildman–Crippen MR) is 58.9 cm³/mol. The van der Waals surface area contributed by atoms with E-state index < -0.39 is 11.7 Å². The zero-order valence-electron chi connectivity index (χ0n) is 10.1. The van der Waals surface area contributed by atoms with Crippen LogP contribution in [0.1, 0.15) is 27.7 Å². The highest BCUT2D eigenvalue weighted by atomic mass is 16.6. The molecule has 0 spiro atoms. The van der Waals surface area contributed by atoms with Crippen LogP contribution in [0, 0.1) is 0 Å². The number of alkyl carbamates (subject to hydrolysis) is 1. The van der Waals surface area contributed by atoms with Crippen LogP contribution < -0.4 is 5.32 Å². The smallest absolute Gasteiger partial charge is 0.407 e. The molecule has 90 valence electrons. The zero-order valence-corrected chi connectivity index (χ0v) is 10.1. The van der Waals surface area contributed by atoms with Gasteiger partial charge in [-0.2, -0.15) is 15.0 Å². The Hall–Kier alpha value is -1.59. The monoisotopic (exact) mass is 226 g/mol. The summed E-state index contributed by atoms with van der Waals surface area (Å²) < 4.78 is 5.13. The lowest BCUT2D eigenvalue weighted by Gasteiger charge is -2.21. The van der Waals surface area contributed by atoms with E-state index in [1.807, 2.05) is 27.7 Å². The van der Waals surface area contributed by atoms with Gasteiger partial charge in [0.1, 0.15) is 5.60 Å². The minimum Gasteiger partial charge on any atom is -0.444 e. The van der Waals surface area contributed by atoms with Crippen LogP contribution in [0.5, 0.6) is 0 Å².